The van der Waals surface area contributed by atoms with Gasteiger partial charge in [-0.15, -0.1) is 0 Å². The number of nitrogens with one attached hydrogen (secondary N) is 2. The summed E-state index contributed by atoms with van der Waals surface area (Å²) in [5.74, 6) is -0.264. The number of rotatable bonds is 7. The third kappa shape index (κ3) is 4.69. The Kier molecular flexibility index (Phi) is 5.88. The van der Waals surface area contributed by atoms with Gasteiger partial charge in [-0.3, -0.25) is 19.6 Å². The van der Waals surface area contributed by atoms with Gasteiger partial charge in [0.05, 0.1) is 17.9 Å². The Bertz CT molecular complexity index is 1160. The average molecular weight is 418 g/mol. The fraction of sp³-hybridized carbons (Fsp3) is 0.217. The molecule has 0 aliphatic heterocycles. The van der Waals surface area contributed by atoms with Crippen LogP contribution in [0.5, 0.6) is 0 Å². The van der Waals surface area contributed by atoms with Gasteiger partial charge in [0.15, 0.2) is 0 Å². The van der Waals surface area contributed by atoms with Crippen LogP contribution >= 0.6 is 0 Å². The molecular formula is C23H23FN6O. The lowest BCUT2D eigenvalue weighted by atomic mass is 10.1. The topological polar surface area (TPSA) is 88.5 Å². The molecule has 3 aromatic heterocycles. The zero-order valence-corrected chi connectivity index (χ0v) is 17.3. The van der Waals surface area contributed by atoms with Crippen LogP contribution in [0.4, 0.5) is 4.39 Å². The summed E-state index contributed by atoms with van der Waals surface area (Å²) in [5.41, 5.74) is 4.59. The van der Waals surface area contributed by atoms with E-state index in [1.54, 1.807) is 30.6 Å². The minimum Gasteiger partial charge on any atom is -0.349 e. The predicted molar refractivity (Wildman–Crippen MR) is 116 cm³/mol. The Hall–Kier alpha value is -3.81. The molecule has 0 bridgehead atoms. The van der Waals surface area contributed by atoms with E-state index < -0.39 is 0 Å². The first-order valence-corrected chi connectivity index (χ1v) is 10.1. The third-order valence-electron chi connectivity index (χ3n) is 4.94. The molecule has 0 unspecified atom stereocenters. The van der Waals surface area contributed by atoms with Gasteiger partial charge in [-0.1, -0.05) is 13.8 Å². The number of benzene rings is 1. The maximum absolute atomic E-state index is 13.3. The lowest BCUT2D eigenvalue weighted by Gasteiger charge is -2.08. The summed E-state index contributed by atoms with van der Waals surface area (Å²) in [6, 6.07) is 13.7. The van der Waals surface area contributed by atoms with Crippen LogP contribution in [0.25, 0.3) is 22.5 Å². The molecule has 1 aromatic carbocycles. The summed E-state index contributed by atoms with van der Waals surface area (Å²) in [6.45, 7) is 4.90. The van der Waals surface area contributed by atoms with Crippen molar-refractivity contribution in [1.82, 2.24) is 30.3 Å². The molecule has 4 rings (SSSR count). The van der Waals surface area contributed by atoms with Gasteiger partial charge in [-0.25, -0.2) is 4.39 Å². The summed E-state index contributed by atoms with van der Waals surface area (Å²) in [7, 11) is 0. The van der Waals surface area contributed by atoms with Gasteiger partial charge in [-0.2, -0.15) is 10.2 Å². The number of hydrogen-bond donors (Lipinski definition) is 2. The smallest absolute Gasteiger partial charge is 0.271 e. The minimum atomic E-state index is -0.294. The van der Waals surface area contributed by atoms with E-state index in [0.29, 0.717) is 18.8 Å². The van der Waals surface area contributed by atoms with Crippen molar-refractivity contribution in [3.05, 3.63) is 78.1 Å². The van der Waals surface area contributed by atoms with Crippen LogP contribution in [-0.4, -0.2) is 37.4 Å². The van der Waals surface area contributed by atoms with E-state index in [1.807, 2.05) is 36.7 Å². The first kappa shape index (κ1) is 20.5. The first-order valence-electron chi connectivity index (χ1n) is 10.1. The number of halogens is 1. The second kappa shape index (κ2) is 8.91. The molecule has 0 atom stereocenters. The van der Waals surface area contributed by atoms with E-state index in [-0.39, 0.29) is 17.6 Å². The van der Waals surface area contributed by atoms with E-state index in [0.717, 1.165) is 28.2 Å². The summed E-state index contributed by atoms with van der Waals surface area (Å²) < 4.78 is 15.1. The molecule has 0 aliphatic rings. The second-order valence-electron chi connectivity index (χ2n) is 7.51. The van der Waals surface area contributed by atoms with Gasteiger partial charge in [-0.05, 0) is 54.4 Å². The molecule has 0 radical (unpaired) electrons. The zero-order valence-electron chi connectivity index (χ0n) is 17.3. The second-order valence-corrected chi connectivity index (χ2v) is 7.51. The molecule has 2 N–H and O–H groups in total. The molecule has 1 amide bonds. The fourth-order valence-corrected chi connectivity index (χ4v) is 3.21. The largest absolute Gasteiger partial charge is 0.349 e. The Morgan fingerprint density at radius 3 is 2.65 bits per heavy atom. The SMILES string of the molecule is CC(C)c1cc(C(=O)NCCn2nc(-c3ccc(F)cc3)cc2-c2cccnc2)n[nH]1. The molecule has 4 aromatic rings. The van der Waals surface area contributed by atoms with Gasteiger partial charge in [0.25, 0.3) is 5.91 Å². The number of aromatic amines is 1. The molecule has 158 valence electrons. The molecule has 0 aliphatic carbocycles. The number of amides is 1. The molecule has 0 saturated carbocycles. The maximum atomic E-state index is 13.3. The number of nitrogens with zero attached hydrogens (tertiary/aromatic N) is 4. The van der Waals surface area contributed by atoms with Crippen LogP contribution in [0.1, 0.15) is 35.9 Å². The van der Waals surface area contributed by atoms with Crippen molar-refractivity contribution in [3.63, 3.8) is 0 Å². The molecule has 3 heterocycles. The summed E-state index contributed by atoms with van der Waals surface area (Å²) in [5, 5.41) is 14.5. The van der Waals surface area contributed by atoms with Gasteiger partial charge in [0.2, 0.25) is 0 Å². The van der Waals surface area contributed by atoms with E-state index in [9.17, 15) is 9.18 Å². The highest BCUT2D eigenvalue weighted by molar-refractivity contribution is 5.92. The number of carbonyl (C=O) groups excluding carboxylic acids is 1. The number of aromatic nitrogens is 5. The Balaban J connectivity index is 1.52. The normalized spacial score (nSPS) is 11.1. The van der Waals surface area contributed by atoms with Crippen LogP contribution in [0.3, 0.4) is 0 Å². The number of hydrogen-bond acceptors (Lipinski definition) is 4. The van der Waals surface area contributed by atoms with Crippen LogP contribution in [0.15, 0.2) is 60.9 Å². The number of H-pyrrole nitrogens is 1. The fourth-order valence-electron chi connectivity index (χ4n) is 3.21. The summed E-state index contributed by atoms with van der Waals surface area (Å²) in [6.07, 6.45) is 3.47. The Morgan fingerprint density at radius 2 is 1.97 bits per heavy atom. The summed E-state index contributed by atoms with van der Waals surface area (Å²) >= 11 is 0. The van der Waals surface area contributed by atoms with Crippen molar-refractivity contribution >= 4 is 5.91 Å². The monoisotopic (exact) mass is 418 g/mol. The molecule has 7 nitrogen and oxygen atoms in total. The zero-order chi connectivity index (χ0) is 21.8. The molecule has 0 spiro atoms. The van der Waals surface area contributed by atoms with Crippen molar-refractivity contribution in [2.75, 3.05) is 6.54 Å². The quantitative estimate of drug-likeness (QED) is 0.474. The van der Waals surface area contributed by atoms with Gasteiger partial charge < -0.3 is 5.32 Å². The number of carbonyl (C=O) groups is 1. The molecule has 0 saturated heterocycles. The highest BCUT2D eigenvalue weighted by Crippen LogP contribution is 2.26. The van der Waals surface area contributed by atoms with E-state index in [1.165, 1.54) is 12.1 Å². The van der Waals surface area contributed by atoms with Crippen molar-refractivity contribution in [1.29, 1.82) is 0 Å². The van der Waals surface area contributed by atoms with Crippen molar-refractivity contribution in [3.8, 4) is 22.5 Å². The van der Waals surface area contributed by atoms with Gasteiger partial charge in [0.1, 0.15) is 11.5 Å². The molecule has 31 heavy (non-hydrogen) atoms. The molecular weight excluding hydrogens is 395 g/mol. The van der Waals surface area contributed by atoms with E-state index in [4.69, 9.17) is 0 Å². The third-order valence-corrected chi connectivity index (χ3v) is 4.94. The van der Waals surface area contributed by atoms with E-state index in [2.05, 4.69) is 25.6 Å². The number of pyridine rings is 1. The maximum Gasteiger partial charge on any atom is 0.271 e. The standard InChI is InChI=1S/C23H23FN6O/c1-15(2)19-12-21(28-27-19)23(31)26-10-11-30-22(17-4-3-9-25-14-17)13-20(29-30)16-5-7-18(24)8-6-16/h3-9,12-15H,10-11H2,1-2H3,(H,26,31)(H,27,28). The van der Waals surface area contributed by atoms with Gasteiger partial charge in [0, 0.05) is 35.8 Å². The van der Waals surface area contributed by atoms with Crippen LogP contribution in [0.2, 0.25) is 0 Å². The Morgan fingerprint density at radius 1 is 1.16 bits per heavy atom. The Labute approximate surface area is 179 Å². The first-order chi connectivity index (χ1) is 15.0. The predicted octanol–water partition coefficient (Wildman–Crippen LogP) is 4.03. The van der Waals surface area contributed by atoms with Crippen molar-refractivity contribution in [2.24, 2.45) is 0 Å². The van der Waals surface area contributed by atoms with Crippen LogP contribution < -0.4 is 5.32 Å². The highest BCUT2D eigenvalue weighted by Gasteiger charge is 2.14. The van der Waals surface area contributed by atoms with Crippen LogP contribution in [0, 0.1) is 5.82 Å². The summed E-state index contributed by atoms with van der Waals surface area (Å²) in [4.78, 5) is 16.6. The highest BCUT2D eigenvalue weighted by atomic mass is 19.1. The average Bonchev–Trinajstić information content (AvgIpc) is 3.43. The van der Waals surface area contributed by atoms with Crippen LogP contribution in [-0.2, 0) is 6.54 Å². The lowest BCUT2D eigenvalue weighted by molar-refractivity contribution is 0.0947. The van der Waals surface area contributed by atoms with Gasteiger partial charge >= 0.3 is 0 Å². The van der Waals surface area contributed by atoms with E-state index >= 15 is 0 Å². The molecule has 8 heteroatoms. The van der Waals surface area contributed by atoms with Crippen molar-refractivity contribution in [2.45, 2.75) is 26.3 Å². The lowest BCUT2D eigenvalue weighted by Crippen LogP contribution is -2.28. The van der Waals surface area contributed by atoms with Crippen molar-refractivity contribution < 1.29 is 9.18 Å². The minimum absolute atomic E-state index is 0.239. The molecule has 0 fully saturated rings.